The Hall–Kier alpha value is -2.86. The van der Waals surface area contributed by atoms with Gasteiger partial charge in [-0.3, -0.25) is 9.59 Å². The van der Waals surface area contributed by atoms with Gasteiger partial charge in [0.25, 0.3) is 11.1 Å². The lowest BCUT2D eigenvalue weighted by molar-refractivity contribution is 0.100. The van der Waals surface area contributed by atoms with E-state index in [1.165, 1.54) is 12.1 Å². The Morgan fingerprint density at radius 1 is 0.588 bits per heavy atom. The number of amides is 1. The molecule has 0 unspecified atom stereocenters. The molecule has 0 aliphatic carbocycles. The van der Waals surface area contributed by atoms with Crippen molar-refractivity contribution in [3.8, 4) is 0 Å². The molecule has 0 radical (unpaired) electrons. The second-order valence-corrected chi connectivity index (χ2v) is 20.5. The predicted octanol–water partition coefficient (Wildman–Crippen LogP) is 4.81. The smallest absolute Gasteiger partial charge is 0.280 e. The van der Waals surface area contributed by atoms with E-state index in [2.05, 4.69) is 4.99 Å². The summed E-state index contributed by atoms with van der Waals surface area (Å²) in [5, 5.41) is -0.802. The van der Waals surface area contributed by atoms with E-state index in [9.17, 15) is 43.3 Å². The Morgan fingerprint density at radius 2 is 0.961 bits per heavy atom. The Kier molecular flexibility index (Phi) is 17.9. The zero-order valence-electron chi connectivity index (χ0n) is 30.0. The highest BCUT2D eigenvalue weighted by molar-refractivity contribution is 7.94. The molecule has 1 amide bonds. The van der Waals surface area contributed by atoms with Gasteiger partial charge in [0.1, 0.15) is 0 Å². The van der Waals surface area contributed by atoms with Crippen molar-refractivity contribution in [3.63, 3.8) is 0 Å². The summed E-state index contributed by atoms with van der Waals surface area (Å²) in [6, 6.07) is 4.67. The molecule has 288 valence electrons. The van der Waals surface area contributed by atoms with E-state index in [0.717, 1.165) is 63.2 Å². The summed E-state index contributed by atoms with van der Waals surface area (Å²) in [4.78, 5) is 25.9. The largest absolute Gasteiger partial charge is 0.370 e. The SMILES string of the molecule is CCCCCCS(=O)(=O)c1cc(CC)c(C(=O)Cl)cc1S(C)(=O)=O.CCCCCCS(=O)(=O)c1cc(CC)c(C(=O)N=C(N)N)cc1S(C)(=O)=O. The molecule has 2 aromatic carbocycles. The fourth-order valence-electron chi connectivity index (χ4n) is 5.07. The first-order valence-electron chi connectivity index (χ1n) is 16.5. The summed E-state index contributed by atoms with van der Waals surface area (Å²) in [5.74, 6) is -1.55. The summed E-state index contributed by atoms with van der Waals surface area (Å²) >= 11 is 5.51. The van der Waals surface area contributed by atoms with Crippen LogP contribution in [-0.4, -0.2) is 74.8 Å². The van der Waals surface area contributed by atoms with Crippen LogP contribution in [0.25, 0.3) is 0 Å². The zero-order valence-corrected chi connectivity index (χ0v) is 34.0. The summed E-state index contributed by atoms with van der Waals surface area (Å²) in [7, 11) is -15.3. The maximum absolute atomic E-state index is 12.8. The number of nitrogens with zero attached hydrogens (tertiary/aromatic N) is 1. The molecule has 0 aliphatic heterocycles. The fraction of sp³-hybridized carbons (Fsp3) is 0.545. The van der Waals surface area contributed by atoms with E-state index in [-0.39, 0.29) is 37.3 Å². The number of hydrogen-bond donors (Lipinski definition) is 2. The summed E-state index contributed by atoms with van der Waals surface area (Å²) < 4.78 is 99.3. The number of unbranched alkanes of at least 4 members (excludes halogenated alkanes) is 6. The minimum atomic E-state index is -3.90. The van der Waals surface area contributed by atoms with E-state index in [1.54, 1.807) is 13.8 Å². The lowest BCUT2D eigenvalue weighted by Gasteiger charge is -2.14. The number of benzene rings is 2. The number of nitrogens with two attached hydrogens (primary N) is 2. The van der Waals surface area contributed by atoms with Gasteiger partial charge in [-0.25, -0.2) is 33.7 Å². The number of aryl methyl sites for hydroxylation is 2. The lowest BCUT2D eigenvalue weighted by atomic mass is 10.0. The molecule has 0 atom stereocenters. The summed E-state index contributed by atoms with van der Waals surface area (Å²) in [5.41, 5.74) is 11.2. The Balaban J connectivity index is 0.000000514. The van der Waals surface area contributed by atoms with Crippen molar-refractivity contribution in [2.45, 2.75) is 111 Å². The van der Waals surface area contributed by atoms with E-state index in [0.29, 0.717) is 36.8 Å². The van der Waals surface area contributed by atoms with Crippen LogP contribution in [0.2, 0.25) is 0 Å². The van der Waals surface area contributed by atoms with Gasteiger partial charge in [0.05, 0.1) is 31.1 Å². The van der Waals surface area contributed by atoms with Crippen LogP contribution < -0.4 is 11.5 Å². The van der Waals surface area contributed by atoms with Gasteiger partial charge in [0, 0.05) is 23.6 Å². The van der Waals surface area contributed by atoms with Crippen LogP contribution in [0.3, 0.4) is 0 Å². The average molecular weight is 812 g/mol. The number of carbonyl (C=O) groups is 2. The van der Waals surface area contributed by atoms with Crippen LogP contribution in [-0.2, 0) is 52.2 Å². The van der Waals surface area contributed by atoms with Crippen molar-refractivity contribution in [1.82, 2.24) is 0 Å². The third-order valence-corrected chi connectivity index (χ3v) is 14.2. The Morgan fingerprint density at radius 3 is 1.27 bits per heavy atom. The highest BCUT2D eigenvalue weighted by Crippen LogP contribution is 2.30. The Bertz CT molecular complexity index is 2040. The molecule has 51 heavy (non-hydrogen) atoms. The van der Waals surface area contributed by atoms with Crippen molar-refractivity contribution in [3.05, 3.63) is 46.5 Å². The summed E-state index contributed by atoms with van der Waals surface area (Å²) in [6.07, 6.45) is 8.68. The number of hydrogen-bond acceptors (Lipinski definition) is 10. The standard InChI is InChI=1S/C17H27N3O5S2.C16H23ClO5S2/c1-4-6-7-8-9-27(24,25)15-10-12(5-2)13(16(21)20-17(18)19)11-14(15)26(3,22)23;1-4-6-7-8-9-24(21,22)15-10-12(5-2)13(16(17)18)11-14(15)23(3,19)20/h10-11H,4-9H2,1-3H3,(H4,18,19,20,21);10-11H,4-9H2,1-3H3. The highest BCUT2D eigenvalue weighted by atomic mass is 35.5. The topological polar surface area (TPSA) is 235 Å². The second kappa shape index (κ2) is 19.8. The number of halogens is 1. The van der Waals surface area contributed by atoms with Crippen molar-refractivity contribution in [1.29, 1.82) is 0 Å². The average Bonchev–Trinajstić information content (AvgIpc) is 3.02. The van der Waals surface area contributed by atoms with Crippen molar-refractivity contribution in [2.24, 2.45) is 16.5 Å². The van der Waals surface area contributed by atoms with E-state index in [1.807, 2.05) is 13.8 Å². The molecule has 0 saturated carbocycles. The van der Waals surface area contributed by atoms with Crippen LogP contribution in [0, 0.1) is 0 Å². The van der Waals surface area contributed by atoms with Gasteiger partial charge in [-0.05, 0) is 72.7 Å². The number of guanidine groups is 1. The fourth-order valence-corrected chi connectivity index (χ4v) is 11.4. The highest BCUT2D eigenvalue weighted by Gasteiger charge is 2.28. The van der Waals surface area contributed by atoms with Gasteiger partial charge in [-0.2, -0.15) is 4.99 Å². The molecule has 0 saturated heterocycles. The van der Waals surface area contributed by atoms with Crippen molar-refractivity contribution in [2.75, 3.05) is 24.0 Å². The van der Waals surface area contributed by atoms with Gasteiger partial charge in [0.2, 0.25) is 0 Å². The monoisotopic (exact) mass is 811 g/mol. The molecule has 4 N–H and O–H groups in total. The van der Waals surface area contributed by atoms with Crippen LogP contribution in [0.4, 0.5) is 0 Å². The van der Waals surface area contributed by atoms with E-state index < -0.39 is 61.4 Å². The molecule has 13 nitrogen and oxygen atoms in total. The molecule has 0 heterocycles. The van der Waals surface area contributed by atoms with Crippen LogP contribution in [0.15, 0.2) is 48.8 Å². The number of rotatable bonds is 18. The molecule has 2 aromatic rings. The first-order chi connectivity index (χ1) is 23.5. The van der Waals surface area contributed by atoms with Crippen LogP contribution in [0.5, 0.6) is 0 Å². The number of sulfone groups is 4. The number of aliphatic imine (C=N–C) groups is 1. The molecular formula is C33H50ClN3O10S4. The molecule has 0 spiro atoms. The normalized spacial score (nSPS) is 12.1. The first kappa shape index (κ1) is 46.2. The molecule has 0 fully saturated rings. The van der Waals surface area contributed by atoms with E-state index >= 15 is 0 Å². The zero-order chi connectivity index (χ0) is 39.4. The predicted molar refractivity (Wildman–Crippen MR) is 201 cm³/mol. The van der Waals surface area contributed by atoms with Gasteiger partial charge < -0.3 is 11.5 Å². The van der Waals surface area contributed by atoms with Crippen LogP contribution in [0.1, 0.15) is 111 Å². The van der Waals surface area contributed by atoms with Gasteiger partial charge >= 0.3 is 0 Å². The summed E-state index contributed by atoms with van der Waals surface area (Å²) in [6.45, 7) is 7.50. The van der Waals surface area contributed by atoms with E-state index in [4.69, 9.17) is 23.1 Å². The Labute approximate surface area is 308 Å². The quantitative estimate of drug-likeness (QED) is 0.0894. The molecule has 0 aromatic heterocycles. The number of carbonyl (C=O) groups excluding carboxylic acids is 2. The maximum Gasteiger partial charge on any atom is 0.280 e. The van der Waals surface area contributed by atoms with Crippen molar-refractivity contribution >= 4 is 68.1 Å². The minimum Gasteiger partial charge on any atom is -0.370 e. The molecule has 18 heteroatoms. The molecule has 0 bridgehead atoms. The third kappa shape index (κ3) is 13.9. The minimum absolute atomic E-state index is 0.0312. The maximum atomic E-state index is 12.8. The molecule has 2 rings (SSSR count). The van der Waals surface area contributed by atoms with Crippen molar-refractivity contribution < 1.29 is 43.3 Å². The molecule has 0 aliphatic rings. The third-order valence-electron chi connectivity index (χ3n) is 7.78. The van der Waals surface area contributed by atoms with Crippen LogP contribution >= 0.6 is 11.6 Å². The lowest BCUT2D eigenvalue weighted by Crippen LogP contribution is -2.24. The molecular weight excluding hydrogens is 762 g/mol. The first-order valence-corrected chi connectivity index (χ1v) is 24.0. The van der Waals surface area contributed by atoms with Gasteiger partial charge in [-0.15, -0.1) is 0 Å². The second-order valence-electron chi connectivity index (χ2n) is 12.0. The van der Waals surface area contributed by atoms with Gasteiger partial charge in [0.15, 0.2) is 45.3 Å². The van der Waals surface area contributed by atoms with Gasteiger partial charge in [-0.1, -0.05) is 66.2 Å².